The van der Waals surface area contributed by atoms with Crippen LogP contribution in [0.25, 0.3) is 11.0 Å². The number of nitrogens with zero attached hydrogens (tertiary/aromatic N) is 2. The Bertz CT molecular complexity index is 690. The summed E-state index contributed by atoms with van der Waals surface area (Å²) in [6, 6.07) is 2.35. The highest BCUT2D eigenvalue weighted by molar-refractivity contribution is 5.80. The number of benzene rings is 1. The van der Waals surface area contributed by atoms with Crippen LogP contribution in [0.1, 0.15) is 44.9 Å². The SMILES string of the molecule is O=C(Cn1cnc2cc(F)c(F)cc21)NC1CCCCCCC1. The molecule has 0 spiro atoms. The summed E-state index contributed by atoms with van der Waals surface area (Å²) in [4.78, 5) is 16.3. The quantitative estimate of drug-likeness (QED) is 0.940. The maximum absolute atomic E-state index is 13.4. The van der Waals surface area contributed by atoms with Crippen LogP contribution >= 0.6 is 0 Å². The summed E-state index contributed by atoms with van der Waals surface area (Å²) >= 11 is 0. The third-order valence-electron chi connectivity index (χ3n) is 4.45. The number of rotatable bonds is 3. The first kappa shape index (κ1) is 15.9. The van der Waals surface area contributed by atoms with E-state index in [9.17, 15) is 13.6 Å². The molecule has 4 nitrogen and oxygen atoms in total. The van der Waals surface area contributed by atoms with Crippen LogP contribution in [0.5, 0.6) is 0 Å². The largest absolute Gasteiger partial charge is 0.352 e. The van der Waals surface area contributed by atoms with Crippen LogP contribution in [0, 0.1) is 11.6 Å². The summed E-state index contributed by atoms with van der Waals surface area (Å²) in [5.74, 6) is -1.97. The second-order valence-corrected chi connectivity index (χ2v) is 6.24. The molecule has 23 heavy (non-hydrogen) atoms. The predicted molar refractivity (Wildman–Crippen MR) is 83.9 cm³/mol. The van der Waals surface area contributed by atoms with Gasteiger partial charge in [-0.3, -0.25) is 4.79 Å². The molecule has 1 aromatic carbocycles. The van der Waals surface area contributed by atoms with Gasteiger partial charge in [-0.05, 0) is 12.8 Å². The van der Waals surface area contributed by atoms with E-state index in [1.165, 1.54) is 25.6 Å². The van der Waals surface area contributed by atoms with E-state index in [0.717, 1.165) is 37.8 Å². The number of carbonyl (C=O) groups is 1. The Morgan fingerprint density at radius 1 is 1.13 bits per heavy atom. The first-order valence-electron chi connectivity index (χ1n) is 8.23. The number of amides is 1. The Balaban J connectivity index is 1.66. The first-order valence-corrected chi connectivity index (χ1v) is 8.23. The topological polar surface area (TPSA) is 46.9 Å². The lowest BCUT2D eigenvalue weighted by atomic mass is 9.97. The summed E-state index contributed by atoms with van der Waals surface area (Å²) < 4.78 is 28.1. The van der Waals surface area contributed by atoms with Crippen LogP contribution in [0.3, 0.4) is 0 Å². The van der Waals surface area contributed by atoms with Crippen molar-refractivity contribution < 1.29 is 13.6 Å². The molecule has 0 saturated heterocycles. The van der Waals surface area contributed by atoms with Crippen LogP contribution < -0.4 is 5.32 Å². The fraction of sp³-hybridized carbons (Fsp3) is 0.529. The molecule has 1 N–H and O–H groups in total. The first-order chi connectivity index (χ1) is 11.1. The number of imidazole rings is 1. The van der Waals surface area contributed by atoms with E-state index in [1.54, 1.807) is 4.57 Å². The number of halogens is 2. The number of hydrogen-bond donors (Lipinski definition) is 1. The molecule has 0 aliphatic heterocycles. The molecule has 6 heteroatoms. The fourth-order valence-corrected chi connectivity index (χ4v) is 3.21. The lowest BCUT2D eigenvalue weighted by Crippen LogP contribution is -2.37. The van der Waals surface area contributed by atoms with Gasteiger partial charge in [0.1, 0.15) is 6.54 Å². The van der Waals surface area contributed by atoms with Gasteiger partial charge in [0, 0.05) is 18.2 Å². The molecule has 0 unspecified atom stereocenters. The van der Waals surface area contributed by atoms with Crippen molar-refractivity contribution in [3.05, 3.63) is 30.1 Å². The molecule has 1 amide bonds. The minimum atomic E-state index is -0.931. The molecule has 1 aromatic heterocycles. The maximum Gasteiger partial charge on any atom is 0.240 e. The zero-order valence-electron chi connectivity index (χ0n) is 13.0. The van der Waals surface area contributed by atoms with E-state index in [4.69, 9.17) is 0 Å². The Morgan fingerprint density at radius 3 is 2.52 bits per heavy atom. The minimum Gasteiger partial charge on any atom is -0.352 e. The van der Waals surface area contributed by atoms with Crippen molar-refractivity contribution in [2.24, 2.45) is 0 Å². The second-order valence-electron chi connectivity index (χ2n) is 6.24. The molecule has 0 bridgehead atoms. The van der Waals surface area contributed by atoms with Crippen LogP contribution in [-0.2, 0) is 11.3 Å². The van der Waals surface area contributed by atoms with Crippen molar-refractivity contribution in [2.75, 3.05) is 0 Å². The van der Waals surface area contributed by atoms with Crippen molar-refractivity contribution in [3.8, 4) is 0 Å². The number of aromatic nitrogens is 2. The van der Waals surface area contributed by atoms with E-state index in [2.05, 4.69) is 10.3 Å². The van der Waals surface area contributed by atoms with Gasteiger partial charge in [-0.1, -0.05) is 32.1 Å². The third kappa shape index (κ3) is 3.86. The zero-order chi connectivity index (χ0) is 16.2. The Morgan fingerprint density at radius 2 is 1.78 bits per heavy atom. The summed E-state index contributed by atoms with van der Waals surface area (Å²) in [5.41, 5.74) is 0.777. The average Bonchev–Trinajstić information content (AvgIpc) is 2.84. The van der Waals surface area contributed by atoms with Gasteiger partial charge in [0.05, 0.1) is 17.4 Å². The smallest absolute Gasteiger partial charge is 0.240 e. The van der Waals surface area contributed by atoms with Crippen molar-refractivity contribution in [1.82, 2.24) is 14.9 Å². The zero-order valence-corrected chi connectivity index (χ0v) is 13.0. The van der Waals surface area contributed by atoms with Gasteiger partial charge in [0.15, 0.2) is 11.6 Å². The predicted octanol–water partition coefficient (Wildman–Crippen LogP) is 3.54. The Kier molecular flexibility index (Phi) is 4.88. The lowest BCUT2D eigenvalue weighted by molar-refractivity contribution is -0.122. The van der Waals surface area contributed by atoms with Crippen molar-refractivity contribution >= 4 is 16.9 Å². The van der Waals surface area contributed by atoms with Crippen molar-refractivity contribution in [1.29, 1.82) is 0 Å². The fourth-order valence-electron chi connectivity index (χ4n) is 3.21. The number of carbonyl (C=O) groups excluding carboxylic acids is 1. The van der Waals surface area contributed by atoms with E-state index < -0.39 is 11.6 Å². The standard InChI is InChI=1S/C17H21F2N3O/c18-13-8-15-16(9-14(13)19)22(11-20-15)10-17(23)21-12-6-4-2-1-3-5-7-12/h8-9,11-12H,1-7,10H2,(H,21,23). The van der Waals surface area contributed by atoms with Gasteiger partial charge in [0.25, 0.3) is 0 Å². The molecule has 124 valence electrons. The van der Waals surface area contributed by atoms with Gasteiger partial charge in [-0.15, -0.1) is 0 Å². The van der Waals surface area contributed by atoms with E-state index in [1.807, 2.05) is 0 Å². The molecule has 1 aliphatic carbocycles. The van der Waals surface area contributed by atoms with Crippen molar-refractivity contribution in [3.63, 3.8) is 0 Å². The van der Waals surface area contributed by atoms with E-state index >= 15 is 0 Å². The Labute approximate surface area is 133 Å². The molecule has 1 heterocycles. The molecular weight excluding hydrogens is 300 g/mol. The van der Waals surface area contributed by atoms with Gasteiger partial charge in [-0.2, -0.15) is 0 Å². The highest BCUT2D eigenvalue weighted by Crippen LogP contribution is 2.19. The van der Waals surface area contributed by atoms with Crippen LogP contribution in [0.4, 0.5) is 8.78 Å². The minimum absolute atomic E-state index is 0.0675. The van der Waals surface area contributed by atoms with E-state index in [0.29, 0.717) is 11.0 Å². The van der Waals surface area contributed by atoms with Gasteiger partial charge < -0.3 is 9.88 Å². The van der Waals surface area contributed by atoms with Gasteiger partial charge in [0.2, 0.25) is 5.91 Å². The van der Waals surface area contributed by atoms with Crippen LogP contribution in [0.2, 0.25) is 0 Å². The molecule has 1 saturated carbocycles. The van der Waals surface area contributed by atoms with Crippen LogP contribution in [-0.4, -0.2) is 21.5 Å². The number of hydrogen-bond acceptors (Lipinski definition) is 2. The molecule has 1 fully saturated rings. The normalized spacial score (nSPS) is 17.0. The van der Waals surface area contributed by atoms with Gasteiger partial charge in [-0.25, -0.2) is 13.8 Å². The average molecular weight is 321 g/mol. The maximum atomic E-state index is 13.4. The Hall–Kier alpha value is -1.98. The second kappa shape index (κ2) is 7.06. The molecule has 2 aromatic rings. The molecular formula is C17H21F2N3O. The van der Waals surface area contributed by atoms with Gasteiger partial charge >= 0.3 is 0 Å². The number of nitrogens with one attached hydrogen (secondary N) is 1. The number of fused-ring (bicyclic) bond motifs is 1. The third-order valence-corrected chi connectivity index (χ3v) is 4.45. The highest BCUT2D eigenvalue weighted by Gasteiger charge is 2.16. The molecule has 3 rings (SSSR count). The highest BCUT2D eigenvalue weighted by atomic mass is 19.2. The molecule has 0 radical (unpaired) electrons. The summed E-state index contributed by atoms with van der Waals surface area (Å²) in [7, 11) is 0. The summed E-state index contributed by atoms with van der Waals surface area (Å²) in [6.07, 6.45) is 9.48. The molecule has 1 aliphatic rings. The summed E-state index contributed by atoms with van der Waals surface area (Å²) in [6.45, 7) is 0.0675. The lowest BCUT2D eigenvalue weighted by Gasteiger charge is -2.21. The van der Waals surface area contributed by atoms with Crippen molar-refractivity contribution in [2.45, 2.75) is 57.5 Å². The monoisotopic (exact) mass is 321 g/mol. The van der Waals surface area contributed by atoms with Crippen LogP contribution in [0.15, 0.2) is 18.5 Å². The van der Waals surface area contributed by atoms with E-state index in [-0.39, 0.29) is 18.5 Å². The summed E-state index contributed by atoms with van der Waals surface area (Å²) in [5, 5.41) is 3.06. The molecule has 0 atom stereocenters.